The van der Waals surface area contributed by atoms with Gasteiger partial charge in [-0.1, -0.05) is 17.3 Å². The van der Waals surface area contributed by atoms with Crippen molar-refractivity contribution in [2.24, 2.45) is 5.16 Å². The molecule has 0 saturated heterocycles. The van der Waals surface area contributed by atoms with Gasteiger partial charge >= 0.3 is 5.97 Å². The van der Waals surface area contributed by atoms with Crippen LogP contribution in [0.15, 0.2) is 53.7 Å². The Balaban J connectivity index is 2.03. The van der Waals surface area contributed by atoms with E-state index in [0.717, 1.165) is 0 Å². The molecule has 0 fully saturated rings. The van der Waals surface area contributed by atoms with Crippen molar-refractivity contribution in [1.29, 1.82) is 0 Å². The fraction of sp³-hybridized carbons (Fsp3) is 0.167. The van der Waals surface area contributed by atoms with Crippen LogP contribution in [-0.4, -0.2) is 35.0 Å². The molecule has 3 N–H and O–H groups in total. The number of hydrogen-bond donors (Lipinski definition) is 3. The molecule has 7 heteroatoms. The van der Waals surface area contributed by atoms with Crippen LogP contribution >= 0.6 is 0 Å². The van der Waals surface area contributed by atoms with Gasteiger partial charge in [0, 0.05) is 17.7 Å². The van der Waals surface area contributed by atoms with E-state index in [4.69, 9.17) is 15.1 Å². The van der Waals surface area contributed by atoms with Crippen LogP contribution in [0.3, 0.4) is 0 Å². The van der Waals surface area contributed by atoms with Crippen molar-refractivity contribution in [2.45, 2.75) is 12.8 Å². The first-order valence-corrected chi connectivity index (χ1v) is 7.52. The predicted molar refractivity (Wildman–Crippen MR) is 92.6 cm³/mol. The molecule has 0 aromatic heterocycles. The van der Waals surface area contributed by atoms with E-state index in [1.54, 1.807) is 55.6 Å². The lowest BCUT2D eigenvalue weighted by atomic mass is 10.1. The number of hydrogen-bond acceptors (Lipinski definition) is 5. The first kappa shape index (κ1) is 18.0. The topological polar surface area (TPSA) is 108 Å². The number of carbonyl (C=O) groups excluding carboxylic acids is 1. The molecule has 130 valence electrons. The van der Waals surface area contributed by atoms with E-state index in [2.05, 4.69) is 10.5 Å². The highest BCUT2D eigenvalue weighted by Gasteiger charge is 2.09. The van der Waals surface area contributed by atoms with Crippen LogP contribution in [0.4, 0.5) is 5.69 Å². The number of oxime groups is 1. The van der Waals surface area contributed by atoms with E-state index in [1.165, 1.54) is 0 Å². The molecule has 0 aliphatic rings. The second-order valence-electron chi connectivity index (χ2n) is 5.20. The minimum atomic E-state index is -0.968. The van der Waals surface area contributed by atoms with Crippen LogP contribution in [-0.2, 0) is 4.79 Å². The maximum Gasteiger partial charge on any atom is 0.303 e. The standard InChI is InChI=1S/C18H18N2O5/c1-25-15-8-4-13(5-9-15)18(23)19-14-6-2-12(3-7-14)16(20-24)10-11-17(21)22/h2-9,24H,10-11H2,1H3,(H,19,23)(H,21,22)/b20-16-. The molecule has 0 atom stereocenters. The third kappa shape index (κ3) is 5.07. The first-order valence-electron chi connectivity index (χ1n) is 7.52. The number of carboxylic acid groups (broad SMARTS) is 1. The maximum atomic E-state index is 12.2. The number of methoxy groups -OCH3 is 1. The summed E-state index contributed by atoms with van der Waals surface area (Å²) in [4.78, 5) is 22.8. The molecule has 1 amide bonds. The highest BCUT2D eigenvalue weighted by atomic mass is 16.5. The van der Waals surface area contributed by atoms with Gasteiger partial charge in [-0.05, 0) is 42.0 Å². The van der Waals surface area contributed by atoms with Crippen molar-refractivity contribution >= 4 is 23.3 Å². The second-order valence-corrected chi connectivity index (χ2v) is 5.20. The lowest BCUT2D eigenvalue weighted by Crippen LogP contribution is -2.12. The van der Waals surface area contributed by atoms with Crippen LogP contribution < -0.4 is 10.1 Å². The minimum absolute atomic E-state index is 0.114. The third-order valence-electron chi connectivity index (χ3n) is 3.52. The summed E-state index contributed by atoms with van der Waals surface area (Å²) < 4.78 is 5.05. The number of nitrogens with one attached hydrogen (secondary N) is 1. The summed E-state index contributed by atoms with van der Waals surface area (Å²) >= 11 is 0. The fourth-order valence-electron chi connectivity index (χ4n) is 2.17. The SMILES string of the molecule is COc1ccc(C(=O)Nc2ccc(/C(CCC(=O)O)=N\O)cc2)cc1. The average Bonchev–Trinajstić information content (AvgIpc) is 2.63. The number of benzene rings is 2. The van der Waals surface area contributed by atoms with Gasteiger partial charge in [-0.25, -0.2) is 0 Å². The van der Waals surface area contributed by atoms with Crippen LogP contribution in [0.2, 0.25) is 0 Å². The van der Waals surface area contributed by atoms with Gasteiger partial charge in [-0.3, -0.25) is 9.59 Å². The molecule has 0 aliphatic carbocycles. The number of nitrogens with zero attached hydrogens (tertiary/aromatic N) is 1. The Morgan fingerprint density at radius 3 is 2.12 bits per heavy atom. The molecule has 0 bridgehead atoms. The monoisotopic (exact) mass is 342 g/mol. The third-order valence-corrected chi connectivity index (χ3v) is 3.52. The lowest BCUT2D eigenvalue weighted by molar-refractivity contribution is -0.136. The quantitative estimate of drug-likeness (QED) is 0.407. The molecule has 0 spiro atoms. The molecule has 0 heterocycles. The smallest absolute Gasteiger partial charge is 0.303 e. The van der Waals surface area contributed by atoms with Gasteiger partial charge in [-0.2, -0.15) is 0 Å². The van der Waals surface area contributed by atoms with Gasteiger partial charge < -0.3 is 20.4 Å². The Morgan fingerprint density at radius 1 is 1.00 bits per heavy atom. The van der Waals surface area contributed by atoms with Crippen molar-refractivity contribution in [2.75, 3.05) is 12.4 Å². The van der Waals surface area contributed by atoms with Gasteiger partial charge in [0.15, 0.2) is 0 Å². The van der Waals surface area contributed by atoms with Crippen molar-refractivity contribution in [3.63, 3.8) is 0 Å². The minimum Gasteiger partial charge on any atom is -0.497 e. The van der Waals surface area contributed by atoms with E-state index >= 15 is 0 Å². The van der Waals surface area contributed by atoms with Crippen molar-refractivity contribution in [3.8, 4) is 5.75 Å². The van der Waals surface area contributed by atoms with Crippen molar-refractivity contribution < 1.29 is 24.6 Å². The average molecular weight is 342 g/mol. The van der Waals surface area contributed by atoms with Crippen LogP contribution in [0.1, 0.15) is 28.8 Å². The number of rotatable bonds is 7. The molecule has 0 unspecified atom stereocenters. The molecule has 2 rings (SSSR count). The van der Waals surface area contributed by atoms with Crippen molar-refractivity contribution in [1.82, 2.24) is 0 Å². The van der Waals surface area contributed by atoms with Crippen LogP contribution in [0.25, 0.3) is 0 Å². The summed E-state index contributed by atoms with van der Waals surface area (Å²) in [6.45, 7) is 0. The fourth-order valence-corrected chi connectivity index (χ4v) is 2.17. The zero-order valence-corrected chi connectivity index (χ0v) is 13.6. The van der Waals surface area contributed by atoms with Gasteiger partial charge in [0.1, 0.15) is 5.75 Å². The van der Waals surface area contributed by atoms with Gasteiger partial charge in [0.05, 0.1) is 19.2 Å². The summed E-state index contributed by atoms with van der Waals surface area (Å²) in [5.74, 6) is -0.570. The molecule has 0 aliphatic heterocycles. The predicted octanol–water partition coefficient (Wildman–Crippen LogP) is 2.99. The summed E-state index contributed by atoms with van der Waals surface area (Å²) in [7, 11) is 1.55. The summed E-state index contributed by atoms with van der Waals surface area (Å²) in [5, 5.41) is 23.6. The molecular weight excluding hydrogens is 324 g/mol. The Hall–Kier alpha value is -3.35. The largest absolute Gasteiger partial charge is 0.497 e. The second kappa shape index (κ2) is 8.49. The summed E-state index contributed by atoms with van der Waals surface area (Å²) in [5.41, 5.74) is 1.92. The molecular formula is C18H18N2O5. The number of ether oxygens (including phenoxy) is 1. The molecule has 25 heavy (non-hydrogen) atoms. The van der Waals surface area contributed by atoms with Crippen molar-refractivity contribution in [3.05, 3.63) is 59.7 Å². The van der Waals surface area contributed by atoms with E-state index in [-0.39, 0.29) is 24.5 Å². The number of amides is 1. The highest BCUT2D eigenvalue weighted by molar-refractivity contribution is 6.05. The normalized spacial score (nSPS) is 11.0. The number of carboxylic acids is 1. The zero-order valence-electron chi connectivity index (χ0n) is 13.6. The Kier molecular flexibility index (Phi) is 6.11. The number of anilines is 1. The Bertz CT molecular complexity index is 767. The van der Waals surface area contributed by atoms with Crippen LogP contribution in [0.5, 0.6) is 5.75 Å². The summed E-state index contributed by atoms with van der Waals surface area (Å²) in [6, 6.07) is 13.3. The van der Waals surface area contributed by atoms with Gasteiger partial charge in [0.25, 0.3) is 5.91 Å². The van der Waals surface area contributed by atoms with E-state index in [0.29, 0.717) is 22.6 Å². The van der Waals surface area contributed by atoms with E-state index in [1.807, 2.05) is 0 Å². The summed E-state index contributed by atoms with van der Waals surface area (Å²) in [6.07, 6.45) is -0.0151. The number of carbonyl (C=O) groups is 2. The molecule has 7 nitrogen and oxygen atoms in total. The highest BCUT2D eigenvalue weighted by Crippen LogP contribution is 2.16. The first-order chi connectivity index (χ1) is 12.0. The van der Waals surface area contributed by atoms with E-state index in [9.17, 15) is 9.59 Å². The van der Waals surface area contributed by atoms with Crippen LogP contribution in [0, 0.1) is 0 Å². The number of aliphatic carboxylic acids is 1. The lowest BCUT2D eigenvalue weighted by Gasteiger charge is -2.08. The molecule has 0 saturated carbocycles. The van der Waals surface area contributed by atoms with Gasteiger partial charge in [-0.15, -0.1) is 0 Å². The molecule has 2 aromatic carbocycles. The Labute approximate surface area is 144 Å². The maximum absolute atomic E-state index is 12.2. The Morgan fingerprint density at radius 2 is 1.60 bits per heavy atom. The van der Waals surface area contributed by atoms with E-state index < -0.39 is 5.97 Å². The zero-order chi connectivity index (χ0) is 18.2. The molecule has 2 aromatic rings. The van der Waals surface area contributed by atoms with Gasteiger partial charge in [0.2, 0.25) is 0 Å². The molecule has 0 radical (unpaired) electrons.